The van der Waals surface area contributed by atoms with E-state index < -0.39 is 0 Å². The van der Waals surface area contributed by atoms with Crippen molar-refractivity contribution in [3.63, 3.8) is 0 Å². The van der Waals surface area contributed by atoms with Crippen LogP contribution in [0.1, 0.15) is 35.9 Å². The van der Waals surface area contributed by atoms with Gasteiger partial charge in [0.05, 0.1) is 12.2 Å². The lowest BCUT2D eigenvalue weighted by molar-refractivity contribution is 0.431. The van der Waals surface area contributed by atoms with Crippen LogP contribution in [0.3, 0.4) is 0 Å². The fourth-order valence-corrected chi connectivity index (χ4v) is 1.74. The van der Waals surface area contributed by atoms with Crippen LogP contribution in [0.15, 0.2) is 28.7 Å². The number of phenolic OH excluding ortho intramolecular Hbond substituents is 1. The number of aromatic hydroxyl groups is 1. The summed E-state index contributed by atoms with van der Waals surface area (Å²) in [6.07, 6.45) is 0. The summed E-state index contributed by atoms with van der Waals surface area (Å²) in [6.45, 7) is 6.51. The topological polar surface area (TPSA) is 58.3 Å². The Hall–Kier alpha value is -1.81. The Morgan fingerprint density at radius 3 is 2.50 bits per heavy atom. The Morgan fingerprint density at radius 1 is 1.28 bits per heavy atom. The third kappa shape index (κ3) is 2.90. The second kappa shape index (κ2) is 5.23. The third-order valence-electron chi connectivity index (χ3n) is 3.03. The molecule has 0 spiro atoms. The smallest absolute Gasteiger partial charge is 0.208 e. The van der Waals surface area contributed by atoms with E-state index in [0.29, 0.717) is 12.4 Å². The minimum atomic E-state index is 0.179. The van der Waals surface area contributed by atoms with Crippen LogP contribution in [0.5, 0.6) is 5.75 Å². The first-order valence-electron chi connectivity index (χ1n) is 6.01. The van der Waals surface area contributed by atoms with E-state index in [0.717, 1.165) is 17.0 Å². The van der Waals surface area contributed by atoms with Crippen molar-refractivity contribution in [2.45, 2.75) is 33.4 Å². The van der Waals surface area contributed by atoms with Crippen LogP contribution in [-0.2, 0) is 6.54 Å². The molecule has 18 heavy (non-hydrogen) atoms. The molecule has 2 aromatic rings. The molecule has 96 valence electrons. The molecule has 1 unspecified atom stereocenters. The molecule has 0 aliphatic rings. The molecule has 0 fully saturated rings. The highest BCUT2D eigenvalue weighted by atomic mass is 16.4. The molecule has 2 rings (SSSR count). The van der Waals surface area contributed by atoms with Gasteiger partial charge >= 0.3 is 0 Å². The standard InChI is InChI=1S/C14H18N2O2/c1-9-11(3)18-14(16-9)8-15-10(2)12-4-6-13(17)7-5-12/h4-7,10,15,17H,8H2,1-3H3. The van der Waals surface area contributed by atoms with Gasteiger partial charge < -0.3 is 14.8 Å². The van der Waals surface area contributed by atoms with Crippen molar-refractivity contribution in [2.24, 2.45) is 0 Å². The number of benzene rings is 1. The number of hydrogen-bond acceptors (Lipinski definition) is 4. The molecule has 0 bridgehead atoms. The van der Waals surface area contributed by atoms with Gasteiger partial charge in [0.2, 0.25) is 5.89 Å². The van der Waals surface area contributed by atoms with Gasteiger partial charge in [-0.2, -0.15) is 0 Å². The number of aromatic nitrogens is 1. The largest absolute Gasteiger partial charge is 0.508 e. The maximum Gasteiger partial charge on any atom is 0.208 e. The average Bonchev–Trinajstić information content (AvgIpc) is 2.67. The van der Waals surface area contributed by atoms with E-state index in [2.05, 4.69) is 17.2 Å². The number of rotatable bonds is 4. The van der Waals surface area contributed by atoms with Gasteiger partial charge in [-0.05, 0) is 38.5 Å². The van der Waals surface area contributed by atoms with Crippen molar-refractivity contribution in [2.75, 3.05) is 0 Å². The van der Waals surface area contributed by atoms with Crippen LogP contribution in [0.2, 0.25) is 0 Å². The van der Waals surface area contributed by atoms with Crippen molar-refractivity contribution in [1.82, 2.24) is 10.3 Å². The van der Waals surface area contributed by atoms with Gasteiger partial charge in [-0.25, -0.2) is 4.98 Å². The molecule has 0 radical (unpaired) electrons. The van der Waals surface area contributed by atoms with Gasteiger partial charge in [-0.15, -0.1) is 0 Å². The van der Waals surface area contributed by atoms with Crippen LogP contribution in [0.4, 0.5) is 0 Å². The molecule has 0 aliphatic heterocycles. The summed E-state index contributed by atoms with van der Waals surface area (Å²) >= 11 is 0. The minimum Gasteiger partial charge on any atom is -0.508 e. The second-order valence-corrected chi connectivity index (χ2v) is 4.44. The summed E-state index contributed by atoms with van der Waals surface area (Å²) < 4.78 is 5.51. The predicted molar refractivity (Wildman–Crippen MR) is 69.3 cm³/mol. The molecule has 4 heteroatoms. The second-order valence-electron chi connectivity index (χ2n) is 4.44. The first kappa shape index (κ1) is 12.6. The lowest BCUT2D eigenvalue weighted by Gasteiger charge is -2.12. The fraction of sp³-hybridized carbons (Fsp3) is 0.357. The number of oxazole rings is 1. The Morgan fingerprint density at radius 2 is 1.94 bits per heavy atom. The number of aryl methyl sites for hydroxylation is 2. The van der Waals surface area contributed by atoms with Gasteiger partial charge in [-0.3, -0.25) is 0 Å². The van der Waals surface area contributed by atoms with Crippen molar-refractivity contribution in [3.05, 3.63) is 47.2 Å². The first-order valence-corrected chi connectivity index (χ1v) is 6.01. The SMILES string of the molecule is Cc1nc(CNC(C)c2ccc(O)cc2)oc1C. The fourth-order valence-electron chi connectivity index (χ4n) is 1.74. The summed E-state index contributed by atoms with van der Waals surface area (Å²) in [6, 6.07) is 7.36. The molecule has 1 aromatic carbocycles. The molecule has 0 amide bonds. The van der Waals surface area contributed by atoms with E-state index in [1.54, 1.807) is 12.1 Å². The van der Waals surface area contributed by atoms with Crippen LogP contribution < -0.4 is 5.32 Å². The van der Waals surface area contributed by atoms with Crippen molar-refractivity contribution >= 4 is 0 Å². The van der Waals surface area contributed by atoms with Gasteiger partial charge in [0.1, 0.15) is 11.5 Å². The number of hydrogen-bond donors (Lipinski definition) is 2. The zero-order valence-electron chi connectivity index (χ0n) is 10.9. The number of nitrogens with one attached hydrogen (secondary N) is 1. The van der Waals surface area contributed by atoms with E-state index >= 15 is 0 Å². The van der Waals surface area contributed by atoms with E-state index in [-0.39, 0.29) is 11.8 Å². The maximum atomic E-state index is 9.23. The zero-order valence-corrected chi connectivity index (χ0v) is 10.9. The van der Waals surface area contributed by atoms with Crippen molar-refractivity contribution < 1.29 is 9.52 Å². The Bertz CT molecular complexity index is 498. The quantitative estimate of drug-likeness (QED) is 0.871. The highest BCUT2D eigenvalue weighted by Gasteiger charge is 2.08. The molecular weight excluding hydrogens is 228 g/mol. The van der Waals surface area contributed by atoms with Crippen molar-refractivity contribution in [3.8, 4) is 5.75 Å². The van der Waals surface area contributed by atoms with Gasteiger partial charge in [0.25, 0.3) is 0 Å². The maximum absolute atomic E-state index is 9.23. The van der Waals surface area contributed by atoms with Crippen LogP contribution in [-0.4, -0.2) is 10.1 Å². The number of nitrogens with zero attached hydrogens (tertiary/aromatic N) is 1. The van der Waals surface area contributed by atoms with Crippen LogP contribution in [0, 0.1) is 13.8 Å². The van der Waals surface area contributed by atoms with E-state index in [4.69, 9.17) is 4.42 Å². The highest BCUT2D eigenvalue weighted by Crippen LogP contribution is 2.17. The Balaban J connectivity index is 1.95. The van der Waals surface area contributed by atoms with E-state index in [9.17, 15) is 5.11 Å². The molecule has 0 aliphatic carbocycles. The monoisotopic (exact) mass is 246 g/mol. The molecule has 1 atom stereocenters. The van der Waals surface area contributed by atoms with E-state index in [1.165, 1.54) is 0 Å². The summed E-state index contributed by atoms with van der Waals surface area (Å²) in [5, 5.41) is 12.6. The summed E-state index contributed by atoms with van der Waals surface area (Å²) in [7, 11) is 0. The van der Waals surface area contributed by atoms with Gasteiger partial charge in [0, 0.05) is 6.04 Å². The molecular formula is C14H18N2O2. The molecule has 0 saturated carbocycles. The Labute approximate surface area is 107 Å². The summed E-state index contributed by atoms with van der Waals surface area (Å²) in [5.41, 5.74) is 2.05. The molecule has 0 saturated heterocycles. The normalized spacial score (nSPS) is 12.6. The molecule has 2 N–H and O–H groups in total. The highest BCUT2D eigenvalue weighted by molar-refractivity contribution is 5.27. The van der Waals surface area contributed by atoms with Gasteiger partial charge in [0.15, 0.2) is 0 Å². The predicted octanol–water partition coefficient (Wildman–Crippen LogP) is 2.85. The minimum absolute atomic E-state index is 0.179. The zero-order chi connectivity index (χ0) is 13.1. The summed E-state index contributed by atoms with van der Waals surface area (Å²) in [4.78, 5) is 4.32. The van der Waals surface area contributed by atoms with Gasteiger partial charge in [-0.1, -0.05) is 12.1 Å². The van der Waals surface area contributed by atoms with Crippen LogP contribution >= 0.6 is 0 Å². The third-order valence-corrected chi connectivity index (χ3v) is 3.03. The molecule has 1 heterocycles. The molecule has 4 nitrogen and oxygen atoms in total. The number of phenols is 1. The average molecular weight is 246 g/mol. The first-order chi connectivity index (χ1) is 8.56. The molecule has 1 aromatic heterocycles. The van der Waals surface area contributed by atoms with Crippen LogP contribution in [0.25, 0.3) is 0 Å². The summed E-state index contributed by atoms with van der Waals surface area (Å²) in [5.74, 6) is 1.85. The lowest BCUT2D eigenvalue weighted by atomic mass is 10.1. The Kier molecular flexibility index (Phi) is 3.67. The van der Waals surface area contributed by atoms with E-state index in [1.807, 2.05) is 26.0 Å². The lowest BCUT2D eigenvalue weighted by Crippen LogP contribution is -2.18. The van der Waals surface area contributed by atoms with Crippen molar-refractivity contribution in [1.29, 1.82) is 0 Å².